The van der Waals surface area contributed by atoms with Gasteiger partial charge >= 0.3 is 0 Å². The highest BCUT2D eigenvalue weighted by molar-refractivity contribution is 7.89. The van der Waals surface area contributed by atoms with E-state index in [0.29, 0.717) is 18.0 Å². The highest BCUT2D eigenvalue weighted by atomic mass is 32.2. The summed E-state index contributed by atoms with van der Waals surface area (Å²) in [4.78, 5) is 0.472. The number of nitrogens with zero attached hydrogens (tertiary/aromatic N) is 1. The molecule has 0 saturated heterocycles. The molecule has 88 valence electrons. The number of hydrogen-bond donors (Lipinski definition) is 0. The number of rotatable bonds is 1. The molecule has 0 unspecified atom stereocenters. The minimum Gasteiger partial charge on any atom is -0.207 e. The zero-order chi connectivity index (χ0) is 12.0. The Hall–Kier alpha value is -0.870. The Balaban J connectivity index is 2.37. The van der Waals surface area contributed by atoms with Crippen molar-refractivity contribution in [1.29, 1.82) is 0 Å². The van der Waals surface area contributed by atoms with Crippen LogP contribution in [0.2, 0.25) is 0 Å². The zero-order valence-corrected chi connectivity index (χ0v) is 10.7. The summed E-state index contributed by atoms with van der Waals surface area (Å²) >= 11 is 0. The van der Waals surface area contributed by atoms with E-state index in [4.69, 9.17) is 0 Å². The van der Waals surface area contributed by atoms with Crippen molar-refractivity contribution in [3.63, 3.8) is 0 Å². The summed E-state index contributed by atoms with van der Waals surface area (Å²) in [7, 11) is -3.25. The van der Waals surface area contributed by atoms with E-state index >= 15 is 0 Å². The Labute approximate surface area is 97.1 Å². The SMILES string of the molecule is CC(C)(C)CN1Cc2ccccc2S1(=O)=O. The van der Waals surface area contributed by atoms with Crippen molar-refractivity contribution in [3.8, 4) is 0 Å². The molecular weight excluding hydrogens is 222 g/mol. The van der Waals surface area contributed by atoms with E-state index in [1.54, 1.807) is 16.4 Å². The molecule has 1 aliphatic heterocycles. The van der Waals surface area contributed by atoms with Crippen LogP contribution in [0.15, 0.2) is 29.2 Å². The average Bonchev–Trinajstić information content (AvgIpc) is 2.37. The smallest absolute Gasteiger partial charge is 0.207 e. The molecule has 0 aromatic heterocycles. The summed E-state index contributed by atoms with van der Waals surface area (Å²) in [5.41, 5.74) is 0.890. The maximum Gasteiger partial charge on any atom is 0.243 e. The van der Waals surface area contributed by atoms with Gasteiger partial charge in [-0.2, -0.15) is 4.31 Å². The standard InChI is InChI=1S/C12H17NO2S/c1-12(2,3)9-13-8-10-6-4-5-7-11(10)16(13,14)15/h4-7H,8-9H2,1-3H3. The lowest BCUT2D eigenvalue weighted by Crippen LogP contribution is -2.33. The Bertz CT molecular complexity index is 500. The van der Waals surface area contributed by atoms with Crippen LogP contribution < -0.4 is 0 Å². The molecule has 4 heteroatoms. The van der Waals surface area contributed by atoms with Crippen LogP contribution in [0.1, 0.15) is 26.3 Å². The lowest BCUT2D eigenvalue weighted by Gasteiger charge is -2.24. The number of sulfonamides is 1. The van der Waals surface area contributed by atoms with E-state index in [1.807, 2.05) is 32.9 Å². The van der Waals surface area contributed by atoms with Gasteiger partial charge in [0.2, 0.25) is 10.0 Å². The molecule has 0 aliphatic carbocycles. The molecule has 1 aromatic rings. The van der Waals surface area contributed by atoms with Gasteiger partial charge in [-0.1, -0.05) is 39.0 Å². The average molecular weight is 239 g/mol. The Morgan fingerprint density at radius 3 is 2.44 bits per heavy atom. The maximum atomic E-state index is 12.2. The Kier molecular flexibility index (Phi) is 2.59. The summed E-state index contributed by atoms with van der Waals surface area (Å²) in [5.74, 6) is 0. The first-order valence-electron chi connectivity index (χ1n) is 5.39. The molecular formula is C12H17NO2S. The summed E-state index contributed by atoms with van der Waals surface area (Å²) in [5, 5.41) is 0. The number of fused-ring (bicyclic) bond motifs is 1. The van der Waals surface area contributed by atoms with Gasteiger partial charge in [0.05, 0.1) is 4.90 Å². The quantitative estimate of drug-likeness (QED) is 0.753. The van der Waals surface area contributed by atoms with Crippen LogP contribution in [-0.2, 0) is 16.6 Å². The van der Waals surface area contributed by atoms with Gasteiger partial charge in [0.15, 0.2) is 0 Å². The monoisotopic (exact) mass is 239 g/mol. The lowest BCUT2D eigenvalue weighted by molar-refractivity contribution is 0.284. The third-order valence-electron chi connectivity index (χ3n) is 2.59. The first-order valence-corrected chi connectivity index (χ1v) is 6.83. The molecule has 0 amide bonds. The maximum absolute atomic E-state index is 12.2. The fourth-order valence-corrected chi connectivity index (χ4v) is 3.83. The van der Waals surface area contributed by atoms with E-state index in [2.05, 4.69) is 0 Å². The predicted octanol–water partition coefficient (Wildman–Crippen LogP) is 2.24. The molecule has 1 heterocycles. The molecule has 0 fully saturated rings. The van der Waals surface area contributed by atoms with Gasteiger partial charge in [0.1, 0.15) is 0 Å². The van der Waals surface area contributed by atoms with Gasteiger partial charge in [-0.3, -0.25) is 0 Å². The molecule has 3 nitrogen and oxygen atoms in total. The van der Waals surface area contributed by atoms with Gasteiger partial charge < -0.3 is 0 Å². The Morgan fingerprint density at radius 1 is 1.25 bits per heavy atom. The Morgan fingerprint density at radius 2 is 1.88 bits per heavy atom. The highest BCUT2D eigenvalue weighted by Crippen LogP contribution is 2.32. The van der Waals surface area contributed by atoms with E-state index < -0.39 is 10.0 Å². The molecule has 1 aliphatic rings. The van der Waals surface area contributed by atoms with Gasteiger partial charge in [-0.25, -0.2) is 8.42 Å². The number of benzene rings is 1. The molecule has 0 saturated carbocycles. The summed E-state index contributed by atoms with van der Waals surface area (Å²) in [6.07, 6.45) is 0. The summed E-state index contributed by atoms with van der Waals surface area (Å²) in [6.45, 7) is 7.21. The molecule has 0 radical (unpaired) electrons. The molecule has 0 atom stereocenters. The van der Waals surface area contributed by atoms with E-state index in [9.17, 15) is 8.42 Å². The molecule has 1 aromatic carbocycles. The van der Waals surface area contributed by atoms with Gasteiger partial charge in [-0.15, -0.1) is 0 Å². The van der Waals surface area contributed by atoms with Crippen LogP contribution in [-0.4, -0.2) is 19.3 Å². The molecule has 16 heavy (non-hydrogen) atoms. The van der Waals surface area contributed by atoms with Crippen LogP contribution in [0.25, 0.3) is 0 Å². The lowest BCUT2D eigenvalue weighted by atomic mass is 9.97. The van der Waals surface area contributed by atoms with Crippen molar-refractivity contribution in [2.24, 2.45) is 5.41 Å². The minimum atomic E-state index is -3.25. The molecule has 0 bridgehead atoms. The zero-order valence-electron chi connectivity index (χ0n) is 9.90. The second-order valence-corrected chi connectivity index (χ2v) is 7.35. The first-order chi connectivity index (χ1) is 7.31. The first kappa shape index (κ1) is 11.6. The second-order valence-electron chi connectivity index (χ2n) is 5.44. The third kappa shape index (κ3) is 1.99. The largest absolute Gasteiger partial charge is 0.243 e. The highest BCUT2D eigenvalue weighted by Gasteiger charge is 2.36. The van der Waals surface area contributed by atoms with Crippen molar-refractivity contribution >= 4 is 10.0 Å². The summed E-state index contributed by atoms with van der Waals surface area (Å²) < 4.78 is 25.9. The van der Waals surface area contributed by atoms with Crippen molar-refractivity contribution in [2.75, 3.05) is 6.54 Å². The van der Waals surface area contributed by atoms with Gasteiger partial charge in [0, 0.05) is 13.1 Å². The van der Waals surface area contributed by atoms with Crippen LogP contribution >= 0.6 is 0 Å². The van der Waals surface area contributed by atoms with E-state index in [-0.39, 0.29) is 5.41 Å². The van der Waals surface area contributed by atoms with E-state index in [0.717, 1.165) is 5.56 Å². The van der Waals surface area contributed by atoms with Crippen molar-refractivity contribution < 1.29 is 8.42 Å². The third-order valence-corrected chi connectivity index (χ3v) is 4.48. The second kappa shape index (κ2) is 3.57. The molecule has 2 rings (SSSR count). The van der Waals surface area contributed by atoms with Crippen molar-refractivity contribution in [1.82, 2.24) is 4.31 Å². The fourth-order valence-electron chi connectivity index (χ4n) is 1.97. The molecule has 0 N–H and O–H groups in total. The van der Waals surface area contributed by atoms with Crippen LogP contribution in [0.5, 0.6) is 0 Å². The minimum absolute atomic E-state index is 0.0187. The van der Waals surface area contributed by atoms with E-state index in [1.165, 1.54) is 0 Å². The number of hydrogen-bond acceptors (Lipinski definition) is 2. The topological polar surface area (TPSA) is 37.4 Å². The van der Waals surface area contributed by atoms with Crippen LogP contribution in [0, 0.1) is 5.41 Å². The predicted molar refractivity (Wildman–Crippen MR) is 63.5 cm³/mol. The fraction of sp³-hybridized carbons (Fsp3) is 0.500. The van der Waals surface area contributed by atoms with Gasteiger partial charge in [0.25, 0.3) is 0 Å². The molecule has 0 spiro atoms. The van der Waals surface area contributed by atoms with Gasteiger partial charge in [-0.05, 0) is 17.0 Å². The van der Waals surface area contributed by atoms with Crippen molar-refractivity contribution in [3.05, 3.63) is 29.8 Å². The normalized spacial score (nSPS) is 19.7. The summed E-state index contributed by atoms with van der Waals surface area (Å²) in [6, 6.07) is 7.23. The van der Waals surface area contributed by atoms with Crippen LogP contribution in [0.3, 0.4) is 0 Å². The van der Waals surface area contributed by atoms with Crippen molar-refractivity contribution in [2.45, 2.75) is 32.2 Å². The van der Waals surface area contributed by atoms with Crippen LogP contribution in [0.4, 0.5) is 0 Å².